The summed E-state index contributed by atoms with van der Waals surface area (Å²) in [6.45, 7) is 7.58. The van der Waals surface area contributed by atoms with E-state index in [1.54, 1.807) is 6.92 Å². The van der Waals surface area contributed by atoms with Crippen LogP contribution in [0.5, 0.6) is 0 Å². The van der Waals surface area contributed by atoms with Crippen molar-refractivity contribution in [2.45, 2.75) is 32.8 Å². The molecule has 0 bridgehead atoms. The summed E-state index contributed by atoms with van der Waals surface area (Å²) in [5.41, 5.74) is 0.501. The molecule has 1 atom stereocenters. The Morgan fingerprint density at radius 2 is 2.25 bits per heavy atom. The molecule has 0 rings (SSSR count). The number of aliphatic hydroxyl groups is 1. The number of nitrogens with one attached hydrogen (secondary N) is 1. The predicted molar refractivity (Wildman–Crippen MR) is 48.7 cm³/mol. The summed E-state index contributed by atoms with van der Waals surface area (Å²) in [5, 5.41) is 11.8. The van der Waals surface area contributed by atoms with E-state index in [-0.39, 0.29) is 12.0 Å². The van der Waals surface area contributed by atoms with Crippen LogP contribution in [0.15, 0.2) is 12.2 Å². The Hall–Kier alpha value is -0.830. The second-order valence-electron chi connectivity index (χ2n) is 2.89. The topological polar surface area (TPSA) is 49.3 Å². The average molecular weight is 171 g/mol. The molecule has 0 radical (unpaired) electrons. The lowest BCUT2D eigenvalue weighted by molar-refractivity contribution is -0.117. The van der Waals surface area contributed by atoms with Crippen LogP contribution in [-0.2, 0) is 4.79 Å². The molecule has 0 aromatic carbocycles. The fourth-order valence-corrected chi connectivity index (χ4v) is 0.707. The van der Waals surface area contributed by atoms with Gasteiger partial charge in [0.2, 0.25) is 5.91 Å². The van der Waals surface area contributed by atoms with Gasteiger partial charge >= 0.3 is 0 Å². The van der Waals surface area contributed by atoms with E-state index in [1.807, 2.05) is 6.92 Å². The average Bonchev–Trinajstić information content (AvgIpc) is 2.03. The maximum absolute atomic E-state index is 10.9. The van der Waals surface area contributed by atoms with Crippen LogP contribution >= 0.6 is 0 Å². The molecule has 0 saturated carbocycles. The SMILES string of the molecule is C=C(C)C(=O)NCCC(O)CC. The van der Waals surface area contributed by atoms with Gasteiger partial charge in [-0.15, -0.1) is 0 Å². The Morgan fingerprint density at radius 3 is 2.67 bits per heavy atom. The van der Waals surface area contributed by atoms with Gasteiger partial charge in [-0.1, -0.05) is 13.5 Å². The first-order valence-corrected chi connectivity index (χ1v) is 4.19. The van der Waals surface area contributed by atoms with E-state index in [1.165, 1.54) is 0 Å². The Bertz CT molecular complexity index is 166. The first-order valence-electron chi connectivity index (χ1n) is 4.19. The van der Waals surface area contributed by atoms with E-state index >= 15 is 0 Å². The first-order chi connectivity index (χ1) is 5.57. The summed E-state index contributed by atoms with van der Waals surface area (Å²) in [4.78, 5) is 10.9. The molecule has 1 amide bonds. The highest BCUT2D eigenvalue weighted by atomic mass is 16.3. The van der Waals surface area contributed by atoms with E-state index in [2.05, 4.69) is 11.9 Å². The molecule has 2 N–H and O–H groups in total. The summed E-state index contributed by atoms with van der Waals surface area (Å²) < 4.78 is 0. The zero-order valence-electron chi connectivity index (χ0n) is 7.76. The number of carbonyl (C=O) groups excluding carboxylic acids is 1. The van der Waals surface area contributed by atoms with Crippen molar-refractivity contribution in [2.24, 2.45) is 0 Å². The second kappa shape index (κ2) is 5.77. The zero-order chi connectivity index (χ0) is 9.56. The molecule has 0 aromatic heterocycles. The molecule has 0 aliphatic heterocycles. The molecule has 0 fully saturated rings. The van der Waals surface area contributed by atoms with Gasteiger partial charge in [0.25, 0.3) is 0 Å². The van der Waals surface area contributed by atoms with E-state index in [0.29, 0.717) is 18.5 Å². The Balaban J connectivity index is 3.44. The van der Waals surface area contributed by atoms with Crippen LogP contribution < -0.4 is 5.32 Å². The van der Waals surface area contributed by atoms with Gasteiger partial charge in [-0.25, -0.2) is 0 Å². The van der Waals surface area contributed by atoms with Crippen LogP contribution in [-0.4, -0.2) is 23.7 Å². The minimum Gasteiger partial charge on any atom is -0.393 e. The van der Waals surface area contributed by atoms with E-state index in [4.69, 9.17) is 5.11 Å². The van der Waals surface area contributed by atoms with Crippen molar-refractivity contribution in [1.29, 1.82) is 0 Å². The number of hydrogen-bond donors (Lipinski definition) is 2. The lowest BCUT2D eigenvalue weighted by Gasteiger charge is -2.08. The molecule has 0 saturated heterocycles. The van der Waals surface area contributed by atoms with Crippen LogP contribution in [0.25, 0.3) is 0 Å². The Kier molecular flexibility index (Phi) is 5.37. The third kappa shape index (κ3) is 4.91. The van der Waals surface area contributed by atoms with Gasteiger partial charge in [-0.05, 0) is 19.8 Å². The van der Waals surface area contributed by atoms with Gasteiger partial charge in [0, 0.05) is 12.1 Å². The molecule has 0 aromatic rings. The van der Waals surface area contributed by atoms with Gasteiger partial charge in [-0.3, -0.25) is 4.79 Å². The van der Waals surface area contributed by atoms with E-state index < -0.39 is 0 Å². The van der Waals surface area contributed by atoms with Crippen LogP contribution in [0.4, 0.5) is 0 Å². The van der Waals surface area contributed by atoms with Crippen molar-refractivity contribution in [1.82, 2.24) is 5.32 Å². The van der Waals surface area contributed by atoms with E-state index in [0.717, 1.165) is 6.42 Å². The number of hydrogen-bond acceptors (Lipinski definition) is 2. The molecule has 0 spiro atoms. The number of carbonyl (C=O) groups is 1. The highest BCUT2D eigenvalue weighted by Gasteiger charge is 2.03. The van der Waals surface area contributed by atoms with Gasteiger partial charge < -0.3 is 10.4 Å². The fourth-order valence-electron chi connectivity index (χ4n) is 0.707. The molecule has 70 valence electrons. The third-order valence-electron chi connectivity index (χ3n) is 1.62. The smallest absolute Gasteiger partial charge is 0.246 e. The van der Waals surface area contributed by atoms with Crippen molar-refractivity contribution in [2.75, 3.05) is 6.54 Å². The van der Waals surface area contributed by atoms with Crippen LogP contribution in [0.1, 0.15) is 26.7 Å². The molecular weight excluding hydrogens is 154 g/mol. The summed E-state index contributed by atoms with van der Waals surface area (Å²) in [6.07, 6.45) is 1.02. The highest BCUT2D eigenvalue weighted by Crippen LogP contribution is 1.94. The molecular formula is C9H17NO2. The maximum Gasteiger partial charge on any atom is 0.246 e. The number of aliphatic hydroxyl groups excluding tert-OH is 1. The maximum atomic E-state index is 10.9. The molecule has 1 unspecified atom stereocenters. The van der Waals surface area contributed by atoms with Gasteiger partial charge in [0.05, 0.1) is 6.10 Å². The molecule has 3 nitrogen and oxygen atoms in total. The molecule has 0 aliphatic carbocycles. The fraction of sp³-hybridized carbons (Fsp3) is 0.667. The first kappa shape index (κ1) is 11.2. The minimum atomic E-state index is -0.310. The van der Waals surface area contributed by atoms with Crippen LogP contribution in [0.2, 0.25) is 0 Å². The highest BCUT2D eigenvalue weighted by molar-refractivity contribution is 5.91. The normalized spacial score (nSPS) is 12.2. The summed E-state index contributed by atoms with van der Waals surface area (Å²) in [5.74, 6) is -0.140. The van der Waals surface area contributed by atoms with Gasteiger partial charge in [0.1, 0.15) is 0 Å². The summed E-state index contributed by atoms with van der Waals surface area (Å²) in [7, 11) is 0. The van der Waals surface area contributed by atoms with E-state index in [9.17, 15) is 4.79 Å². The molecule has 3 heteroatoms. The van der Waals surface area contributed by atoms with Crippen molar-refractivity contribution in [3.05, 3.63) is 12.2 Å². The second-order valence-corrected chi connectivity index (χ2v) is 2.89. The van der Waals surface area contributed by atoms with Crippen LogP contribution in [0.3, 0.4) is 0 Å². The summed E-state index contributed by atoms with van der Waals surface area (Å²) in [6, 6.07) is 0. The monoisotopic (exact) mass is 171 g/mol. The lowest BCUT2D eigenvalue weighted by atomic mass is 10.2. The zero-order valence-corrected chi connectivity index (χ0v) is 7.76. The molecule has 0 aliphatic rings. The lowest BCUT2D eigenvalue weighted by Crippen LogP contribution is -2.27. The standard InChI is InChI=1S/C9H17NO2/c1-4-8(11)5-6-10-9(12)7(2)3/h8,11H,2,4-6H2,1,3H3,(H,10,12). The number of amides is 1. The van der Waals surface area contributed by atoms with Crippen molar-refractivity contribution in [3.8, 4) is 0 Å². The van der Waals surface area contributed by atoms with Gasteiger partial charge in [0.15, 0.2) is 0 Å². The largest absolute Gasteiger partial charge is 0.393 e. The Labute approximate surface area is 73.5 Å². The quantitative estimate of drug-likeness (QED) is 0.602. The predicted octanol–water partition coefficient (Wildman–Crippen LogP) is 0.840. The van der Waals surface area contributed by atoms with Crippen molar-refractivity contribution >= 4 is 5.91 Å². The van der Waals surface area contributed by atoms with Crippen LogP contribution in [0, 0.1) is 0 Å². The third-order valence-corrected chi connectivity index (χ3v) is 1.62. The molecule has 12 heavy (non-hydrogen) atoms. The van der Waals surface area contributed by atoms with Crippen molar-refractivity contribution in [3.63, 3.8) is 0 Å². The van der Waals surface area contributed by atoms with Crippen molar-refractivity contribution < 1.29 is 9.90 Å². The van der Waals surface area contributed by atoms with Gasteiger partial charge in [-0.2, -0.15) is 0 Å². The summed E-state index contributed by atoms with van der Waals surface area (Å²) >= 11 is 0. The Morgan fingerprint density at radius 1 is 1.67 bits per heavy atom. The molecule has 0 heterocycles. The minimum absolute atomic E-state index is 0.140. The number of rotatable bonds is 5.